The summed E-state index contributed by atoms with van der Waals surface area (Å²) >= 11 is 8.10. The van der Waals surface area contributed by atoms with E-state index in [4.69, 9.17) is 11.6 Å². The molecule has 0 nitrogen and oxygen atoms in total. The maximum absolute atomic E-state index is 12.7. The van der Waals surface area contributed by atoms with Crippen molar-refractivity contribution in [2.75, 3.05) is 0 Å². The molecule has 0 heterocycles. The normalized spacial score (nSPS) is 9.43. The Morgan fingerprint density at radius 3 is 1.86 bits per heavy atom. The highest BCUT2D eigenvalue weighted by Gasteiger charge is 2.19. The fourth-order valence-electron chi connectivity index (χ4n) is 0.715. The quantitative estimate of drug-likeness (QED) is 0.473. The zero-order chi connectivity index (χ0) is 11.5. The fraction of sp³-hybridized carbons (Fsp3) is 0.333. The van der Waals surface area contributed by atoms with E-state index < -0.39 is 22.5 Å². The van der Waals surface area contributed by atoms with Crippen LogP contribution in [-0.4, -0.2) is 0 Å². The summed E-state index contributed by atoms with van der Waals surface area (Å²) in [5, 5.41) is -0.402. The zero-order valence-electron chi connectivity index (χ0n) is 7.89. The third-order valence-electron chi connectivity index (χ3n) is 1.43. The minimum Gasteiger partial charge on any atom is -0.202 e. The molecular weight excluding hydrogens is 280 g/mol. The van der Waals surface area contributed by atoms with Crippen molar-refractivity contribution in [1.82, 2.24) is 0 Å². The number of benzene rings is 1. The van der Waals surface area contributed by atoms with Gasteiger partial charge in [0.2, 0.25) is 0 Å². The molecule has 1 aromatic carbocycles. The summed E-state index contributed by atoms with van der Waals surface area (Å²) in [4.78, 5) is 0. The van der Waals surface area contributed by atoms with Gasteiger partial charge in [0, 0.05) is 0 Å². The number of hydrogen-bond acceptors (Lipinski definition) is 0. The highest BCUT2D eigenvalue weighted by Crippen LogP contribution is 2.31. The summed E-state index contributed by atoms with van der Waals surface area (Å²) in [6.45, 7) is 5.39. The number of rotatable bonds is 0. The SMILES string of the molecule is CC.Cc1c(Cl)c(F)c(F)c(F)c1Br. The Hall–Kier alpha value is -0.220. The van der Waals surface area contributed by atoms with Crippen LogP contribution in [0.3, 0.4) is 0 Å². The van der Waals surface area contributed by atoms with E-state index in [1.54, 1.807) is 0 Å². The Morgan fingerprint density at radius 1 is 1.00 bits per heavy atom. The van der Waals surface area contributed by atoms with Crippen molar-refractivity contribution < 1.29 is 13.2 Å². The molecule has 5 heteroatoms. The fourth-order valence-corrected chi connectivity index (χ4v) is 1.38. The molecule has 0 aliphatic rings. The van der Waals surface area contributed by atoms with Gasteiger partial charge < -0.3 is 0 Å². The van der Waals surface area contributed by atoms with Gasteiger partial charge in [-0.15, -0.1) is 0 Å². The Balaban J connectivity index is 0.000000791. The Labute approximate surface area is 94.2 Å². The molecule has 0 fully saturated rings. The summed E-state index contributed by atoms with van der Waals surface area (Å²) < 4.78 is 37.8. The maximum atomic E-state index is 12.7. The van der Waals surface area contributed by atoms with Crippen LogP contribution in [0.5, 0.6) is 0 Å². The molecule has 0 spiro atoms. The van der Waals surface area contributed by atoms with Gasteiger partial charge in [-0.1, -0.05) is 25.4 Å². The van der Waals surface area contributed by atoms with E-state index in [0.29, 0.717) is 0 Å². The minimum absolute atomic E-state index is 0.146. The third kappa shape index (κ3) is 2.42. The van der Waals surface area contributed by atoms with Gasteiger partial charge in [-0.25, -0.2) is 13.2 Å². The topological polar surface area (TPSA) is 0 Å². The average Bonchev–Trinajstić information content (AvgIpc) is 2.24. The lowest BCUT2D eigenvalue weighted by Crippen LogP contribution is -1.96. The highest BCUT2D eigenvalue weighted by molar-refractivity contribution is 9.10. The van der Waals surface area contributed by atoms with Crippen molar-refractivity contribution in [2.45, 2.75) is 20.8 Å². The van der Waals surface area contributed by atoms with Crippen LogP contribution >= 0.6 is 27.5 Å². The molecule has 0 bridgehead atoms. The van der Waals surface area contributed by atoms with Crippen LogP contribution in [0, 0.1) is 24.4 Å². The average molecular weight is 290 g/mol. The molecule has 0 atom stereocenters. The van der Waals surface area contributed by atoms with Gasteiger partial charge in [-0.3, -0.25) is 0 Å². The standard InChI is InChI=1S/C7H3BrClF3.C2H6/c1-2-3(8)5(10)7(12)6(11)4(2)9;1-2/h1H3;1-2H3. The smallest absolute Gasteiger partial charge is 0.197 e. The lowest BCUT2D eigenvalue weighted by Gasteiger charge is -2.04. The van der Waals surface area contributed by atoms with Crippen LogP contribution in [0.15, 0.2) is 4.47 Å². The predicted octanol–water partition coefficient (Wildman–Crippen LogP) is 4.85. The van der Waals surface area contributed by atoms with Gasteiger partial charge in [0.1, 0.15) is 0 Å². The zero-order valence-corrected chi connectivity index (χ0v) is 10.2. The minimum atomic E-state index is -1.56. The first-order chi connectivity index (χ1) is 6.46. The summed E-state index contributed by atoms with van der Waals surface area (Å²) in [5.41, 5.74) is 0.146. The molecule has 0 saturated heterocycles. The monoisotopic (exact) mass is 288 g/mol. The molecule has 1 rings (SSSR count). The van der Waals surface area contributed by atoms with Crippen LogP contribution < -0.4 is 0 Å². The van der Waals surface area contributed by atoms with Crippen LogP contribution in [0.25, 0.3) is 0 Å². The summed E-state index contributed by atoms with van der Waals surface area (Å²) in [6.07, 6.45) is 0. The van der Waals surface area contributed by atoms with Crippen molar-refractivity contribution >= 4 is 27.5 Å². The Morgan fingerprint density at radius 2 is 1.43 bits per heavy atom. The molecular formula is C9H9BrClF3. The van der Waals surface area contributed by atoms with E-state index in [2.05, 4.69) is 15.9 Å². The first kappa shape index (κ1) is 13.8. The molecule has 0 radical (unpaired) electrons. The lowest BCUT2D eigenvalue weighted by atomic mass is 10.2. The van der Waals surface area contributed by atoms with Gasteiger partial charge in [0.15, 0.2) is 17.5 Å². The van der Waals surface area contributed by atoms with E-state index in [0.717, 1.165) is 0 Å². The maximum Gasteiger partial charge on any atom is 0.197 e. The van der Waals surface area contributed by atoms with Gasteiger partial charge in [0.05, 0.1) is 9.50 Å². The van der Waals surface area contributed by atoms with Crippen molar-refractivity contribution in [3.05, 3.63) is 32.5 Å². The van der Waals surface area contributed by atoms with E-state index in [1.165, 1.54) is 6.92 Å². The third-order valence-corrected chi connectivity index (χ3v) is 2.82. The summed E-state index contributed by atoms with van der Waals surface area (Å²) in [6, 6.07) is 0. The van der Waals surface area contributed by atoms with Crippen LogP contribution in [0.2, 0.25) is 5.02 Å². The van der Waals surface area contributed by atoms with Gasteiger partial charge in [-0.2, -0.15) is 0 Å². The lowest BCUT2D eigenvalue weighted by molar-refractivity contribution is 0.443. The van der Waals surface area contributed by atoms with Crippen molar-refractivity contribution in [1.29, 1.82) is 0 Å². The Kier molecular flexibility index (Phi) is 5.52. The van der Waals surface area contributed by atoms with Gasteiger partial charge in [-0.05, 0) is 28.4 Å². The molecule has 0 aliphatic carbocycles. The Bertz CT molecular complexity index is 234. The first-order valence-electron chi connectivity index (χ1n) is 3.94. The van der Waals surface area contributed by atoms with E-state index in [1.807, 2.05) is 13.8 Å². The molecule has 0 N–H and O–H groups in total. The molecule has 0 aromatic heterocycles. The van der Waals surface area contributed by atoms with Crippen molar-refractivity contribution in [2.24, 2.45) is 0 Å². The number of hydrogen-bond donors (Lipinski definition) is 0. The second kappa shape index (κ2) is 5.61. The largest absolute Gasteiger partial charge is 0.202 e. The first-order valence-corrected chi connectivity index (χ1v) is 5.12. The second-order valence-electron chi connectivity index (χ2n) is 2.19. The van der Waals surface area contributed by atoms with E-state index in [-0.39, 0.29) is 10.0 Å². The van der Waals surface area contributed by atoms with Gasteiger partial charge in [0.25, 0.3) is 0 Å². The number of halogens is 5. The second-order valence-corrected chi connectivity index (χ2v) is 3.37. The van der Waals surface area contributed by atoms with Crippen molar-refractivity contribution in [3.63, 3.8) is 0 Å². The predicted molar refractivity (Wildman–Crippen MR) is 55.1 cm³/mol. The van der Waals surface area contributed by atoms with Crippen LogP contribution in [0.4, 0.5) is 13.2 Å². The molecule has 0 aliphatic heterocycles. The molecule has 0 saturated carbocycles. The van der Waals surface area contributed by atoms with E-state index in [9.17, 15) is 13.2 Å². The molecule has 1 aromatic rings. The molecule has 0 amide bonds. The molecule has 80 valence electrons. The molecule has 14 heavy (non-hydrogen) atoms. The summed E-state index contributed by atoms with van der Waals surface area (Å²) in [5.74, 6) is -4.17. The highest BCUT2D eigenvalue weighted by atomic mass is 79.9. The van der Waals surface area contributed by atoms with Crippen LogP contribution in [-0.2, 0) is 0 Å². The van der Waals surface area contributed by atoms with Crippen LogP contribution in [0.1, 0.15) is 19.4 Å². The van der Waals surface area contributed by atoms with E-state index >= 15 is 0 Å². The van der Waals surface area contributed by atoms with Crippen molar-refractivity contribution in [3.8, 4) is 0 Å². The summed E-state index contributed by atoms with van der Waals surface area (Å²) in [7, 11) is 0. The molecule has 0 unspecified atom stereocenters. The van der Waals surface area contributed by atoms with Gasteiger partial charge >= 0.3 is 0 Å².